The number of ether oxygens (including phenoxy) is 1. The third-order valence-corrected chi connectivity index (χ3v) is 3.34. The van der Waals surface area contributed by atoms with Gasteiger partial charge in [0.1, 0.15) is 11.5 Å². The second-order valence-corrected chi connectivity index (χ2v) is 4.49. The molecule has 1 atom stereocenters. The van der Waals surface area contributed by atoms with Crippen molar-refractivity contribution >= 4 is 0 Å². The minimum atomic E-state index is -0.521. The maximum Gasteiger partial charge on any atom is 0.161 e. The molecule has 20 heavy (non-hydrogen) atoms. The summed E-state index contributed by atoms with van der Waals surface area (Å²) in [5.41, 5.74) is 4.41. The van der Waals surface area contributed by atoms with Crippen LogP contribution in [0.25, 0.3) is 0 Å². The minimum absolute atomic E-state index is 0.277. The van der Waals surface area contributed by atoms with E-state index in [9.17, 15) is 4.39 Å². The Balaban J connectivity index is 2.58. The maximum atomic E-state index is 14.3. The zero-order valence-corrected chi connectivity index (χ0v) is 11.9. The van der Waals surface area contributed by atoms with Gasteiger partial charge < -0.3 is 4.74 Å². The molecule has 2 rings (SSSR count). The molecule has 0 bridgehead atoms. The summed E-state index contributed by atoms with van der Waals surface area (Å²) < 4.78 is 21.4. The molecule has 0 amide bonds. The van der Waals surface area contributed by atoms with Crippen LogP contribution in [-0.2, 0) is 6.54 Å². The van der Waals surface area contributed by atoms with Gasteiger partial charge >= 0.3 is 0 Å². The summed E-state index contributed by atoms with van der Waals surface area (Å²) in [6, 6.07) is 4.71. The van der Waals surface area contributed by atoms with E-state index in [2.05, 4.69) is 10.5 Å². The van der Waals surface area contributed by atoms with E-state index < -0.39 is 6.04 Å². The Bertz CT molecular complexity index is 575. The van der Waals surface area contributed by atoms with Gasteiger partial charge in [0.15, 0.2) is 5.75 Å². The van der Waals surface area contributed by atoms with Gasteiger partial charge in [-0.15, -0.1) is 0 Å². The fourth-order valence-electron chi connectivity index (χ4n) is 2.29. The Hall–Kier alpha value is -1.92. The van der Waals surface area contributed by atoms with E-state index in [1.807, 2.05) is 6.92 Å². The number of benzene rings is 1. The molecule has 0 saturated heterocycles. The van der Waals surface area contributed by atoms with Gasteiger partial charge in [-0.25, -0.2) is 9.82 Å². The van der Waals surface area contributed by atoms with Crippen LogP contribution in [0.1, 0.15) is 29.8 Å². The standard InChI is InChI=1S/C14H19FN4O/c1-4-19-14(11(20-3)8-17-19)13(18-16)10-7-5-6-9(2)12(10)15/h5-8,13,18H,4,16H2,1-3H3. The first-order valence-corrected chi connectivity index (χ1v) is 6.44. The van der Waals surface area contributed by atoms with Crippen molar-refractivity contribution in [1.29, 1.82) is 0 Å². The highest BCUT2D eigenvalue weighted by atomic mass is 19.1. The molecule has 1 heterocycles. The van der Waals surface area contributed by atoms with Crippen molar-refractivity contribution < 1.29 is 9.13 Å². The number of hydrogen-bond donors (Lipinski definition) is 2. The van der Waals surface area contributed by atoms with E-state index in [1.54, 1.807) is 43.1 Å². The molecule has 2 aromatic rings. The van der Waals surface area contributed by atoms with Gasteiger partial charge in [0.05, 0.1) is 19.3 Å². The van der Waals surface area contributed by atoms with E-state index in [1.165, 1.54) is 0 Å². The van der Waals surface area contributed by atoms with Crippen molar-refractivity contribution in [1.82, 2.24) is 15.2 Å². The molecule has 0 spiro atoms. The lowest BCUT2D eigenvalue weighted by molar-refractivity contribution is 0.398. The molecule has 5 nitrogen and oxygen atoms in total. The van der Waals surface area contributed by atoms with Crippen LogP contribution in [0.4, 0.5) is 4.39 Å². The SMILES string of the molecule is CCn1ncc(OC)c1C(NN)c1cccc(C)c1F. The Morgan fingerprint density at radius 1 is 1.50 bits per heavy atom. The van der Waals surface area contributed by atoms with E-state index in [-0.39, 0.29) is 5.82 Å². The zero-order chi connectivity index (χ0) is 14.7. The average molecular weight is 278 g/mol. The second kappa shape index (κ2) is 6.02. The normalized spacial score (nSPS) is 12.4. The topological polar surface area (TPSA) is 65.1 Å². The summed E-state index contributed by atoms with van der Waals surface area (Å²) in [6.07, 6.45) is 1.61. The number of hydrazine groups is 1. The van der Waals surface area contributed by atoms with E-state index in [0.717, 1.165) is 0 Å². The van der Waals surface area contributed by atoms with Gasteiger partial charge in [0.2, 0.25) is 0 Å². The van der Waals surface area contributed by atoms with Gasteiger partial charge in [0, 0.05) is 12.1 Å². The molecule has 0 aliphatic rings. The van der Waals surface area contributed by atoms with Crippen LogP contribution < -0.4 is 16.0 Å². The monoisotopic (exact) mass is 278 g/mol. The predicted octanol–water partition coefficient (Wildman–Crippen LogP) is 1.91. The summed E-state index contributed by atoms with van der Waals surface area (Å²) >= 11 is 0. The first-order chi connectivity index (χ1) is 9.63. The van der Waals surface area contributed by atoms with Crippen molar-refractivity contribution in [3.63, 3.8) is 0 Å². The molecule has 6 heteroatoms. The van der Waals surface area contributed by atoms with Crippen LogP contribution in [0.15, 0.2) is 24.4 Å². The van der Waals surface area contributed by atoms with Crippen LogP contribution in [0.3, 0.4) is 0 Å². The van der Waals surface area contributed by atoms with Crippen LogP contribution in [0, 0.1) is 12.7 Å². The number of aromatic nitrogens is 2. The number of nitrogens with one attached hydrogen (secondary N) is 1. The molecule has 0 fully saturated rings. The van der Waals surface area contributed by atoms with Gasteiger partial charge in [-0.1, -0.05) is 18.2 Å². The van der Waals surface area contributed by atoms with Crippen molar-refractivity contribution in [3.05, 3.63) is 47.0 Å². The van der Waals surface area contributed by atoms with Crippen LogP contribution in [0.2, 0.25) is 0 Å². The molecule has 1 aromatic heterocycles. The van der Waals surface area contributed by atoms with Crippen molar-refractivity contribution in [2.45, 2.75) is 26.4 Å². The van der Waals surface area contributed by atoms with E-state index >= 15 is 0 Å². The van der Waals surface area contributed by atoms with E-state index in [4.69, 9.17) is 10.6 Å². The fourth-order valence-corrected chi connectivity index (χ4v) is 2.29. The van der Waals surface area contributed by atoms with Crippen LogP contribution >= 0.6 is 0 Å². The van der Waals surface area contributed by atoms with Gasteiger partial charge in [-0.3, -0.25) is 10.5 Å². The Morgan fingerprint density at radius 3 is 2.85 bits per heavy atom. The van der Waals surface area contributed by atoms with Crippen LogP contribution in [-0.4, -0.2) is 16.9 Å². The fraction of sp³-hybridized carbons (Fsp3) is 0.357. The molecule has 0 aliphatic heterocycles. The average Bonchev–Trinajstić information content (AvgIpc) is 2.87. The lowest BCUT2D eigenvalue weighted by atomic mass is 10.0. The molecule has 0 aliphatic carbocycles. The number of aryl methyl sites for hydroxylation is 2. The smallest absolute Gasteiger partial charge is 0.161 e. The lowest BCUT2D eigenvalue weighted by Gasteiger charge is -2.20. The number of methoxy groups -OCH3 is 1. The highest BCUT2D eigenvalue weighted by molar-refractivity contribution is 5.38. The third kappa shape index (κ3) is 2.39. The van der Waals surface area contributed by atoms with Crippen molar-refractivity contribution in [2.24, 2.45) is 5.84 Å². The molecule has 108 valence electrons. The molecule has 3 N–H and O–H groups in total. The highest BCUT2D eigenvalue weighted by Gasteiger charge is 2.25. The largest absolute Gasteiger partial charge is 0.493 e. The summed E-state index contributed by atoms with van der Waals surface area (Å²) in [6.45, 7) is 4.32. The summed E-state index contributed by atoms with van der Waals surface area (Å²) in [5.74, 6) is 5.95. The number of nitrogens with two attached hydrogens (primary N) is 1. The Kier molecular flexibility index (Phi) is 4.36. The Labute approximate surface area is 117 Å². The Morgan fingerprint density at radius 2 is 2.25 bits per heavy atom. The zero-order valence-electron chi connectivity index (χ0n) is 11.9. The van der Waals surface area contributed by atoms with Gasteiger partial charge in [-0.2, -0.15) is 5.10 Å². The molecule has 0 radical (unpaired) electrons. The lowest BCUT2D eigenvalue weighted by Crippen LogP contribution is -2.31. The van der Waals surface area contributed by atoms with Crippen molar-refractivity contribution in [2.75, 3.05) is 7.11 Å². The summed E-state index contributed by atoms with van der Waals surface area (Å²) in [4.78, 5) is 0. The molecule has 1 unspecified atom stereocenters. The van der Waals surface area contributed by atoms with Crippen molar-refractivity contribution in [3.8, 4) is 5.75 Å². The molecular weight excluding hydrogens is 259 g/mol. The number of halogens is 1. The summed E-state index contributed by atoms with van der Waals surface area (Å²) in [5, 5.41) is 4.23. The predicted molar refractivity (Wildman–Crippen MR) is 74.8 cm³/mol. The second-order valence-electron chi connectivity index (χ2n) is 4.49. The molecule has 0 saturated carbocycles. The number of hydrogen-bond acceptors (Lipinski definition) is 4. The maximum absolute atomic E-state index is 14.3. The number of nitrogens with zero attached hydrogens (tertiary/aromatic N) is 2. The minimum Gasteiger partial charge on any atom is -0.493 e. The van der Waals surface area contributed by atoms with E-state index in [0.29, 0.717) is 29.1 Å². The summed E-state index contributed by atoms with van der Waals surface area (Å²) in [7, 11) is 1.56. The third-order valence-electron chi connectivity index (χ3n) is 3.34. The van der Waals surface area contributed by atoms with Gasteiger partial charge in [0.25, 0.3) is 0 Å². The van der Waals surface area contributed by atoms with Crippen LogP contribution in [0.5, 0.6) is 5.75 Å². The first kappa shape index (κ1) is 14.5. The first-order valence-electron chi connectivity index (χ1n) is 6.44. The number of rotatable bonds is 5. The quantitative estimate of drug-likeness (QED) is 0.648. The van der Waals surface area contributed by atoms with Gasteiger partial charge in [-0.05, 0) is 19.4 Å². The molecular formula is C14H19FN4O. The molecule has 1 aromatic carbocycles. The highest BCUT2D eigenvalue weighted by Crippen LogP contribution is 2.31.